The van der Waals surface area contributed by atoms with Gasteiger partial charge in [0.05, 0.1) is 12.1 Å². The van der Waals surface area contributed by atoms with Gasteiger partial charge in [0.25, 0.3) is 0 Å². The van der Waals surface area contributed by atoms with Gasteiger partial charge in [0, 0.05) is 33.3 Å². The molecule has 2 rings (SSSR count). The van der Waals surface area contributed by atoms with Crippen LogP contribution in [0, 0.1) is 11.8 Å². The van der Waals surface area contributed by atoms with Crippen LogP contribution in [-0.4, -0.2) is 61.1 Å². The zero-order valence-electron chi connectivity index (χ0n) is 13.5. The molecule has 0 aromatic heterocycles. The van der Waals surface area contributed by atoms with Gasteiger partial charge >= 0.3 is 0 Å². The van der Waals surface area contributed by atoms with Crippen LogP contribution in [0.4, 0.5) is 0 Å². The number of likely N-dealkylation sites (tertiary alicyclic amines) is 2. The minimum absolute atomic E-state index is 0.0188. The van der Waals surface area contributed by atoms with Crippen molar-refractivity contribution in [1.82, 2.24) is 9.80 Å². The molecule has 0 unspecified atom stereocenters. The lowest BCUT2D eigenvalue weighted by molar-refractivity contribution is -0.140. The zero-order valence-corrected chi connectivity index (χ0v) is 13.5. The van der Waals surface area contributed by atoms with Gasteiger partial charge in [-0.25, -0.2) is 0 Å². The molecular formula is C16H30N2O2. The number of amides is 1. The zero-order chi connectivity index (χ0) is 14.7. The summed E-state index contributed by atoms with van der Waals surface area (Å²) in [5.41, 5.74) is 0. The highest BCUT2D eigenvalue weighted by Crippen LogP contribution is 2.23. The number of hydrogen-bond donors (Lipinski definition) is 0. The van der Waals surface area contributed by atoms with E-state index < -0.39 is 0 Å². The van der Waals surface area contributed by atoms with Crippen molar-refractivity contribution in [3.63, 3.8) is 0 Å². The molecular weight excluding hydrogens is 252 g/mol. The van der Waals surface area contributed by atoms with E-state index in [9.17, 15) is 4.79 Å². The molecule has 0 spiro atoms. The SMILES string of the molecule is COC1CCN([C@@H](C)C(=O)N2C[C@H](C)C[C@H](C)C2)CC1. The summed E-state index contributed by atoms with van der Waals surface area (Å²) in [6.07, 6.45) is 3.71. The molecule has 0 aliphatic carbocycles. The van der Waals surface area contributed by atoms with E-state index in [1.807, 2.05) is 0 Å². The van der Waals surface area contributed by atoms with Crippen LogP contribution in [0.3, 0.4) is 0 Å². The minimum Gasteiger partial charge on any atom is -0.381 e. The molecule has 2 fully saturated rings. The van der Waals surface area contributed by atoms with Crippen LogP contribution in [0.2, 0.25) is 0 Å². The second kappa shape index (κ2) is 6.90. The third-order valence-electron chi connectivity index (χ3n) is 4.90. The maximum absolute atomic E-state index is 12.7. The molecule has 0 aromatic carbocycles. The molecule has 4 heteroatoms. The summed E-state index contributed by atoms with van der Waals surface area (Å²) < 4.78 is 5.40. The Balaban J connectivity index is 1.88. The van der Waals surface area contributed by atoms with Crippen molar-refractivity contribution < 1.29 is 9.53 Å². The van der Waals surface area contributed by atoms with E-state index in [1.165, 1.54) is 6.42 Å². The van der Waals surface area contributed by atoms with Gasteiger partial charge in [-0.05, 0) is 38.0 Å². The Kier molecular flexibility index (Phi) is 5.44. The van der Waals surface area contributed by atoms with E-state index in [-0.39, 0.29) is 6.04 Å². The lowest BCUT2D eigenvalue weighted by Crippen LogP contribution is -2.53. The molecule has 4 nitrogen and oxygen atoms in total. The number of hydrogen-bond acceptors (Lipinski definition) is 3. The standard InChI is InChI=1S/C16H30N2O2/c1-12-9-13(2)11-18(10-12)16(19)14(3)17-7-5-15(20-4)6-8-17/h12-15H,5-11H2,1-4H3/t12-,13+,14-/m0/s1. The Bertz CT molecular complexity index is 316. The summed E-state index contributed by atoms with van der Waals surface area (Å²) in [7, 11) is 1.78. The molecule has 1 amide bonds. The van der Waals surface area contributed by atoms with Crippen LogP contribution in [0.15, 0.2) is 0 Å². The Morgan fingerprint density at radius 2 is 1.70 bits per heavy atom. The normalized spacial score (nSPS) is 31.3. The van der Waals surface area contributed by atoms with Crippen molar-refractivity contribution >= 4 is 5.91 Å². The van der Waals surface area contributed by atoms with Gasteiger partial charge in [-0.1, -0.05) is 13.8 Å². The average molecular weight is 282 g/mol. The molecule has 0 aromatic rings. The van der Waals surface area contributed by atoms with Crippen LogP contribution < -0.4 is 0 Å². The van der Waals surface area contributed by atoms with Crippen molar-refractivity contribution in [3.8, 4) is 0 Å². The van der Waals surface area contributed by atoms with Crippen LogP contribution in [-0.2, 0) is 9.53 Å². The topological polar surface area (TPSA) is 32.8 Å². The first kappa shape index (κ1) is 15.8. The second-order valence-electron chi connectivity index (χ2n) is 6.84. The number of rotatable bonds is 3. The lowest BCUT2D eigenvalue weighted by atomic mass is 9.91. The summed E-state index contributed by atoms with van der Waals surface area (Å²) in [5, 5.41) is 0. The number of piperidine rings is 2. The first-order valence-corrected chi connectivity index (χ1v) is 8.07. The summed E-state index contributed by atoms with van der Waals surface area (Å²) in [6, 6.07) is 0.0188. The van der Waals surface area contributed by atoms with Gasteiger partial charge in [-0.15, -0.1) is 0 Å². The summed E-state index contributed by atoms with van der Waals surface area (Å²) >= 11 is 0. The van der Waals surface area contributed by atoms with Gasteiger partial charge in [-0.2, -0.15) is 0 Å². The average Bonchev–Trinajstić information content (AvgIpc) is 2.45. The van der Waals surface area contributed by atoms with E-state index in [1.54, 1.807) is 7.11 Å². The monoisotopic (exact) mass is 282 g/mol. The molecule has 0 bridgehead atoms. The number of nitrogens with zero attached hydrogens (tertiary/aromatic N) is 2. The Hall–Kier alpha value is -0.610. The van der Waals surface area contributed by atoms with Gasteiger partial charge in [-0.3, -0.25) is 9.69 Å². The van der Waals surface area contributed by atoms with Gasteiger partial charge in [0.1, 0.15) is 0 Å². The van der Waals surface area contributed by atoms with E-state index in [2.05, 4.69) is 30.6 Å². The van der Waals surface area contributed by atoms with Gasteiger partial charge in [0.15, 0.2) is 0 Å². The molecule has 2 aliphatic heterocycles. The van der Waals surface area contributed by atoms with E-state index in [4.69, 9.17) is 4.74 Å². The smallest absolute Gasteiger partial charge is 0.239 e. The molecule has 116 valence electrons. The van der Waals surface area contributed by atoms with Crippen molar-refractivity contribution in [3.05, 3.63) is 0 Å². The maximum atomic E-state index is 12.7. The van der Waals surface area contributed by atoms with E-state index >= 15 is 0 Å². The van der Waals surface area contributed by atoms with Crippen LogP contribution in [0.5, 0.6) is 0 Å². The molecule has 2 aliphatic rings. The second-order valence-corrected chi connectivity index (χ2v) is 6.84. The first-order valence-electron chi connectivity index (χ1n) is 8.07. The Labute approximate surface area is 123 Å². The Morgan fingerprint density at radius 3 is 2.20 bits per heavy atom. The molecule has 3 atom stereocenters. The predicted molar refractivity (Wildman–Crippen MR) is 80.6 cm³/mol. The molecule has 2 saturated heterocycles. The highest BCUT2D eigenvalue weighted by atomic mass is 16.5. The minimum atomic E-state index is 0.0188. The van der Waals surface area contributed by atoms with E-state index in [0.717, 1.165) is 39.0 Å². The highest BCUT2D eigenvalue weighted by molar-refractivity contribution is 5.81. The van der Waals surface area contributed by atoms with Crippen molar-refractivity contribution in [2.45, 2.75) is 52.2 Å². The van der Waals surface area contributed by atoms with Gasteiger partial charge < -0.3 is 9.64 Å². The quantitative estimate of drug-likeness (QED) is 0.793. The fraction of sp³-hybridized carbons (Fsp3) is 0.938. The summed E-state index contributed by atoms with van der Waals surface area (Å²) in [6.45, 7) is 10.4. The highest BCUT2D eigenvalue weighted by Gasteiger charge is 2.32. The molecule has 0 saturated carbocycles. The molecule has 0 N–H and O–H groups in total. The summed E-state index contributed by atoms with van der Waals surface area (Å²) in [5.74, 6) is 1.59. The first-order chi connectivity index (χ1) is 9.51. The third kappa shape index (κ3) is 3.73. The third-order valence-corrected chi connectivity index (χ3v) is 4.90. The van der Waals surface area contributed by atoms with Crippen LogP contribution in [0.1, 0.15) is 40.0 Å². The number of carbonyl (C=O) groups is 1. The molecule has 20 heavy (non-hydrogen) atoms. The fourth-order valence-corrected chi connectivity index (χ4v) is 3.76. The molecule has 0 radical (unpaired) electrons. The van der Waals surface area contributed by atoms with Crippen molar-refractivity contribution in [2.75, 3.05) is 33.3 Å². The van der Waals surface area contributed by atoms with Crippen LogP contribution in [0.25, 0.3) is 0 Å². The number of ether oxygens (including phenoxy) is 1. The predicted octanol–water partition coefficient (Wildman–Crippen LogP) is 1.99. The largest absolute Gasteiger partial charge is 0.381 e. The van der Waals surface area contributed by atoms with Crippen molar-refractivity contribution in [1.29, 1.82) is 0 Å². The van der Waals surface area contributed by atoms with Crippen molar-refractivity contribution in [2.24, 2.45) is 11.8 Å². The fourth-order valence-electron chi connectivity index (χ4n) is 3.76. The lowest BCUT2D eigenvalue weighted by Gasteiger charge is -2.40. The Morgan fingerprint density at radius 1 is 1.15 bits per heavy atom. The van der Waals surface area contributed by atoms with Crippen LogP contribution >= 0.6 is 0 Å². The summed E-state index contributed by atoms with van der Waals surface area (Å²) in [4.78, 5) is 17.1. The van der Waals surface area contributed by atoms with Gasteiger partial charge in [0.2, 0.25) is 5.91 Å². The molecule has 2 heterocycles. The number of carbonyl (C=O) groups excluding carboxylic acids is 1. The number of methoxy groups -OCH3 is 1. The van der Waals surface area contributed by atoms with E-state index in [0.29, 0.717) is 23.8 Å². The maximum Gasteiger partial charge on any atom is 0.239 e.